The number of furan rings is 1. The van der Waals surface area contributed by atoms with E-state index in [-0.39, 0.29) is 12.4 Å². The highest BCUT2D eigenvalue weighted by Gasteiger charge is 2.38. The van der Waals surface area contributed by atoms with E-state index in [1.807, 2.05) is 24.3 Å². The van der Waals surface area contributed by atoms with Gasteiger partial charge in [-0.05, 0) is 36.8 Å². The van der Waals surface area contributed by atoms with Gasteiger partial charge in [-0.3, -0.25) is 4.79 Å². The number of aryl methyl sites for hydroxylation is 1. The first kappa shape index (κ1) is 17.1. The summed E-state index contributed by atoms with van der Waals surface area (Å²) in [5.74, 6) is 0.587. The number of hydrogen-bond donors (Lipinski definition) is 2. The molecule has 5 nitrogen and oxygen atoms in total. The summed E-state index contributed by atoms with van der Waals surface area (Å²) in [5, 5.41) is 19.4. The maximum atomic E-state index is 12.4. The highest BCUT2D eigenvalue weighted by molar-refractivity contribution is 9.10. The molecule has 0 amide bonds. The van der Waals surface area contributed by atoms with Crippen molar-refractivity contribution in [3.63, 3.8) is 0 Å². The van der Waals surface area contributed by atoms with Gasteiger partial charge in [-0.1, -0.05) is 34.1 Å². The lowest BCUT2D eigenvalue weighted by Gasteiger charge is -2.11. The summed E-state index contributed by atoms with van der Waals surface area (Å²) in [4.78, 5) is 12.4. The molecular weight excluding hydrogens is 376 g/mol. The zero-order valence-electron chi connectivity index (χ0n) is 13.0. The first-order valence-electron chi connectivity index (χ1n) is 7.52. The van der Waals surface area contributed by atoms with Gasteiger partial charge in [0, 0.05) is 4.47 Å². The average Bonchev–Trinajstić information content (AvgIpc) is 3.10. The van der Waals surface area contributed by atoms with Crippen molar-refractivity contribution in [1.82, 2.24) is 0 Å². The fourth-order valence-electron chi connectivity index (χ4n) is 2.61. The third-order valence-corrected chi connectivity index (χ3v) is 4.68. The summed E-state index contributed by atoms with van der Waals surface area (Å²) in [6, 6.07) is 9.15. The van der Waals surface area contributed by atoms with Crippen molar-refractivity contribution < 1.29 is 24.2 Å². The van der Waals surface area contributed by atoms with Crippen LogP contribution >= 0.6 is 15.9 Å². The molecule has 0 unspecified atom stereocenters. The smallest absolute Gasteiger partial charge is 0.189 e. The zero-order valence-corrected chi connectivity index (χ0v) is 14.6. The second kappa shape index (κ2) is 7.03. The zero-order chi connectivity index (χ0) is 17.3. The van der Waals surface area contributed by atoms with Gasteiger partial charge in [0.2, 0.25) is 0 Å². The van der Waals surface area contributed by atoms with E-state index in [4.69, 9.17) is 9.15 Å². The highest BCUT2D eigenvalue weighted by Crippen LogP contribution is 2.32. The van der Waals surface area contributed by atoms with E-state index < -0.39 is 18.3 Å². The van der Waals surface area contributed by atoms with Crippen LogP contribution < -0.4 is 0 Å². The van der Waals surface area contributed by atoms with E-state index in [0.29, 0.717) is 17.1 Å². The number of aliphatic hydroxyl groups excluding tert-OH is 2. The molecule has 0 saturated carbocycles. The number of ether oxygens (including phenoxy) is 1. The van der Waals surface area contributed by atoms with Crippen molar-refractivity contribution >= 4 is 27.8 Å². The number of carbonyl (C=O) groups is 1. The predicted octanol–water partition coefficient (Wildman–Crippen LogP) is 3.04. The monoisotopic (exact) mass is 392 g/mol. The number of ketones is 1. The van der Waals surface area contributed by atoms with E-state index in [0.717, 1.165) is 10.0 Å². The van der Waals surface area contributed by atoms with Crippen LogP contribution in [0.5, 0.6) is 0 Å². The predicted molar refractivity (Wildman–Crippen MR) is 91.7 cm³/mol. The maximum Gasteiger partial charge on any atom is 0.189 e. The van der Waals surface area contributed by atoms with E-state index >= 15 is 0 Å². The molecule has 0 spiro atoms. The molecule has 1 aliphatic heterocycles. The number of hydrogen-bond acceptors (Lipinski definition) is 5. The molecule has 126 valence electrons. The van der Waals surface area contributed by atoms with Gasteiger partial charge in [-0.2, -0.15) is 0 Å². The van der Waals surface area contributed by atoms with Gasteiger partial charge in [0.1, 0.15) is 29.8 Å². The van der Waals surface area contributed by atoms with E-state index in [1.165, 1.54) is 6.08 Å². The quantitative estimate of drug-likeness (QED) is 0.617. The third-order valence-electron chi connectivity index (χ3n) is 3.95. The Balaban J connectivity index is 1.80. The van der Waals surface area contributed by atoms with Crippen LogP contribution in [-0.2, 0) is 4.74 Å². The summed E-state index contributed by atoms with van der Waals surface area (Å²) in [5.41, 5.74) is 1.30. The number of rotatable bonds is 4. The van der Waals surface area contributed by atoms with Crippen molar-refractivity contribution in [2.24, 2.45) is 0 Å². The van der Waals surface area contributed by atoms with Gasteiger partial charge < -0.3 is 19.4 Å². The largest absolute Gasteiger partial charge is 0.463 e. The van der Waals surface area contributed by atoms with Crippen molar-refractivity contribution in [2.45, 2.75) is 25.2 Å². The van der Waals surface area contributed by atoms with Crippen LogP contribution in [0.15, 0.2) is 45.3 Å². The van der Waals surface area contributed by atoms with Crippen LogP contribution in [0.4, 0.5) is 0 Å². The standard InChI is InChI=1S/C18H17BrO5/c1-10-12(8-16(24-10)18-17(22)15(21)9-23-18)14(20)7-6-11-4-2-3-5-13(11)19/h2-8,15,17-18,21-22H,9H2,1H3/b7-6+/t15-,17-,18+/m1/s1. The first-order chi connectivity index (χ1) is 11.5. The molecule has 3 atom stereocenters. The Kier molecular flexibility index (Phi) is 5.01. The second-order valence-electron chi connectivity index (χ2n) is 5.65. The molecule has 1 aliphatic rings. The molecule has 1 saturated heterocycles. The average molecular weight is 393 g/mol. The van der Waals surface area contributed by atoms with E-state index in [1.54, 1.807) is 19.1 Å². The molecule has 2 aromatic rings. The molecule has 1 aromatic heterocycles. The van der Waals surface area contributed by atoms with Gasteiger partial charge in [0.25, 0.3) is 0 Å². The Morgan fingerprint density at radius 2 is 2.08 bits per heavy atom. The Labute approximate surface area is 147 Å². The summed E-state index contributed by atoms with van der Waals surface area (Å²) < 4.78 is 11.8. The number of carbonyl (C=O) groups excluding carboxylic acids is 1. The number of benzene rings is 1. The van der Waals surface area contributed by atoms with E-state index in [9.17, 15) is 15.0 Å². The molecular formula is C18H17BrO5. The van der Waals surface area contributed by atoms with Gasteiger partial charge in [0.05, 0.1) is 12.2 Å². The lowest BCUT2D eigenvalue weighted by atomic mass is 10.1. The number of aliphatic hydroxyl groups is 2. The third kappa shape index (κ3) is 3.37. The molecule has 2 N–H and O–H groups in total. The lowest BCUT2D eigenvalue weighted by Crippen LogP contribution is -2.24. The summed E-state index contributed by atoms with van der Waals surface area (Å²) in [7, 11) is 0. The van der Waals surface area contributed by atoms with Gasteiger partial charge in [-0.15, -0.1) is 0 Å². The normalized spacial score (nSPS) is 23.9. The SMILES string of the molecule is Cc1oc([C@@H]2OC[C@@H](O)[C@H]2O)cc1C(=O)/C=C/c1ccccc1Br. The van der Waals surface area contributed by atoms with Crippen LogP contribution in [0.1, 0.15) is 33.5 Å². The summed E-state index contributed by atoms with van der Waals surface area (Å²) >= 11 is 3.43. The Morgan fingerprint density at radius 1 is 1.33 bits per heavy atom. The number of allylic oxidation sites excluding steroid dienone is 1. The Bertz CT molecular complexity index is 779. The minimum atomic E-state index is -1.06. The summed E-state index contributed by atoms with van der Waals surface area (Å²) in [6.45, 7) is 1.72. The highest BCUT2D eigenvalue weighted by atomic mass is 79.9. The number of halogens is 1. The van der Waals surface area contributed by atoms with Crippen LogP contribution in [0.2, 0.25) is 0 Å². The molecule has 1 fully saturated rings. The van der Waals surface area contributed by atoms with Crippen molar-refractivity contribution in [2.75, 3.05) is 6.61 Å². The van der Waals surface area contributed by atoms with Crippen LogP contribution in [-0.4, -0.2) is 34.8 Å². The topological polar surface area (TPSA) is 79.9 Å². The maximum absolute atomic E-state index is 12.4. The van der Waals surface area contributed by atoms with Gasteiger partial charge in [-0.25, -0.2) is 0 Å². The Hall–Kier alpha value is -1.73. The van der Waals surface area contributed by atoms with Crippen molar-refractivity contribution in [1.29, 1.82) is 0 Å². The van der Waals surface area contributed by atoms with Gasteiger partial charge in [0.15, 0.2) is 5.78 Å². The minimum Gasteiger partial charge on any atom is -0.463 e. The fraction of sp³-hybridized carbons (Fsp3) is 0.278. The molecule has 0 radical (unpaired) electrons. The minimum absolute atomic E-state index is 0.0385. The van der Waals surface area contributed by atoms with Crippen LogP contribution in [0.3, 0.4) is 0 Å². The molecule has 0 bridgehead atoms. The summed E-state index contributed by atoms with van der Waals surface area (Å²) in [6.07, 6.45) is 0.433. The molecule has 24 heavy (non-hydrogen) atoms. The van der Waals surface area contributed by atoms with Crippen molar-refractivity contribution in [3.05, 3.63) is 63.5 Å². The van der Waals surface area contributed by atoms with Crippen LogP contribution in [0, 0.1) is 6.92 Å². The molecule has 6 heteroatoms. The van der Waals surface area contributed by atoms with E-state index in [2.05, 4.69) is 15.9 Å². The van der Waals surface area contributed by atoms with Crippen LogP contribution in [0.25, 0.3) is 6.08 Å². The molecule has 1 aromatic carbocycles. The fourth-order valence-corrected chi connectivity index (χ4v) is 3.02. The molecule has 2 heterocycles. The molecule has 3 rings (SSSR count). The van der Waals surface area contributed by atoms with Gasteiger partial charge >= 0.3 is 0 Å². The first-order valence-corrected chi connectivity index (χ1v) is 8.31. The second-order valence-corrected chi connectivity index (χ2v) is 6.50. The van der Waals surface area contributed by atoms with Crippen molar-refractivity contribution in [3.8, 4) is 0 Å². The molecule has 0 aliphatic carbocycles. The Morgan fingerprint density at radius 3 is 2.75 bits per heavy atom. The lowest BCUT2D eigenvalue weighted by molar-refractivity contribution is 0.0117.